The zero-order chi connectivity index (χ0) is 17.2. The van der Waals surface area contributed by atoms with E-state index in [0.717, 1.165) is 0 Å². The lowest BCUT2D eigenvalue weighted by atomic mass is 10.3. The number of aromatic amines is 1. The molecule has 1 aromatic carbocycles. The number of carbonyl (C=O) groups excluding carboxylic acids is 1. The van der Waals surface area contributed by atoms with Crippen LogP contribution in [0.4, 0.5) is 19.1 Å². The molecule has 0 radical (unpaired) electrons. The summed E-state index contributed by atoms with van der Waals surface area (Å²) in [6.07, 6.45) is -4.71. The smallest absolute Gasteiger partial charge is 0.451 e. The number of halogens is 5. The summed E-state index contributed by atoms with van der Waals surface area (Å²) < 4.78 is 42.2. The van der Waals surface area contributed by atoms with E-state index < -0.39 is 29.6 Å². The lowest BCUT2D eigenvalue weighted by Gasteiger charge is -2.09. The molecule has 0 unspecified atom stereocenters. The minimum atomic E-state index is -4.71. The number of H-pyrrole nitrogens is 1. The number of nitrogens with one attached hydrogen (secondary N) is 2. The van der Waals surface area contributed by atoms with E-state index in [1.54, 1.807) is 5.10 Å². The molecule has 0 fully saturated rings. The van der Waals surface area contributed by atoms with Crippen molar-refractivity contribution in [2.75, 3.05) is 5.32 Å². The molecule has 0 aliphatic heterocycles. The molecule has 0 saturated heterocycles. The van der Waals surface area contributed by atoms with Crippen molar-refractivity contribution in [3.8, 4) is 5.75 Å². The first-order valence-corrected chi connectivity index (χ1v) is 6.55. The van der Waals surface area contributed by atoms with Gasteiger partial charge in [-0.3, -0.25) is 15.2 Å². The zero-order valence-electron chi connectivity index (χ0n) is 11.0. The number of anilines is 1. The molecule has 1 heterocycles. The number of alkyl halides is 3. The third-order valence-corrected chi connectivity index (χ3v) is 2.89. The molecule has 0 spiro atoms. The molecule has 0 atom stereocenters. The van der Waals surface area contributed by atoms with E-state index in [-0.39, 0.29) is 10.8 Å². The number of ether oxygens (including phenoxy) is 1. The van der Waals surface area contributed by atoms with Crippen LogP contribution < -0.4 is 10.1 Å². The Bertz CT molecular complexity index is 761. The van der Waals surface area contributed by atoms with E-state index in [4.69, 9.17) is 27.9 Å². The fourth-order valence-corrected chi connectivity index (χ4v) is 1.80. The molecule has 11 heteroatoms. The molecule has 1 amide bonds. The number of benzene rings is 1. The Morgan fingerprint density at radius 2 is 2.04 bits per heavy atom. The van der Waals surface area contributed by atoms with Gasteiger partial charge in [-0.25, -0.2) is 0 Å². The highest BCUT2D eigenvalue weighted by Gasteiger charge is 2.35. The largest absolute Gasteiger partial charge is 0.451 e. The highest BCUT2D eigenvalue weighted by Crippen LogP contribution is 2.29. The molecule has 1 aromatic heterocycles. The Kier molecular flexibility index (Phi) is 4.81. The molecule has 2 rings (SSSR count). The van der Waals surface area contributed by atoms with Gasteiger partial charge in [0.2, 0.25) is 11.8 Å². The van der Waals surface area contributed by atoms with Gasteiger partial charge in [0.15, 0.2) is 5.76 Å². The molecule has 0 aliphatic carbocycles. The molecule has 0 bridgehead atoms. The molecule has 2 N–H and O–H groups in total. The standard InChI is InChI=1S/C12H7Cl2F3N4O2/c1-5(23-8-3-2-6(13)4-7(8)14)9(22)18-11-19-10(20-21-11)12(15,16)17/h2-4H,1H2,(H2,18,19,20,21,22). The van der Waals surface area contributed by atoms with Gasteiger partial charge in [-0.2, -0.15) is 18.2 Å². The second-order valence-corrected chi connectivity index (χ2v) is 4.90. The number of amides is 1. The van der Waals surface area contributed by atoms with Gasteiger partial charge in [-0.1, -0.05) is 29.8 Å². The van der Waals surface area contributed by atoms with E-state index in [2.05, 4.69) is 16.7 Å². The first kappa shape index (κ1) is 17.1. The Morgan fingerprint density at radius 3 is 2.61 bits per heavy atom. The Labute approximate surface area is 137 Å². The fraction of sp³-hybridized carbons (Fsp3) is 0.0833. The summed E-state index contributed by atoms with van der Waals surface area (Å²) >= 11 is 11.6. The van der Waals surface area contributed by atoms with Crippen LogP contribution in [0.3, 0.4) is 0 Å². The molecule has 6 nitrogen and oxygen atoms in total. The van der Waals surface area contributed by atoms with E-state index in [9.17, 15) is 18.0 Å². The maximum Gasteiger partial charge on any atom is 0.451 e. The third-order valence-electron chi connectivity index (χ3n) is 2.36. The van der Waals surface area contributed by atoms with Gasteiger partial charge in [-0.05, 0) is 18.2 Å². The number of nitrogens with zero attached hydrogens (tertiary/aromatic N) is 2. The first-order chi connectivity index (χ1) is 10.7. The Morgan fingerprint density at radius 1 is 1.35 bits per heavy atom. The van der Waals surface area contributed by atoms with Crippen molar-refractivity contribution >= 4 is 35.1 Å². The number of rotatable bonds is 4. The normalized spacial score (nSPS) is 11.2. The summed E-state index contributed by atoms with van der Waals surface area (Å²) in [5, 5.41) is 7.35. The van der Waals surface area contributed by atoms with Gasteiger partial charge in [0.05, 0.1) is 5.02 Å². The van der Waals surface area contributed by atoms with Crippen LogP contribution in [0.2, 0.25) is 10.0 Å². The minimum absolute atomic E-state index is 0.0992. The maximum absolute atomic E-state index is 12.3. The molecular formula is C12H7Cl2F3N4O2. The highest BCUT2D eigenvalue weighted by molar-refractivity contribution is 6.35. The first-order valence-electron chi connectivity index (χ1n) is 5.79. The molecule has 0 aliphatic rings. The Hall–Kier alpha value is -2.26. The second kappa shape index (κ2) is 6.47. The van der Waals surface area contributed by atoms with Crippen molar-refractivity contribution in [1.82, 2.24) is 15.2 Å². The zero-order valence-corrected chi connectivity index (χ0v) is 12.6. The molecule has 0 saturated carbocycles. The van der Waals surface area contributed by atoms with Crippen molar-refractivity contribution < 1.29 is 22.7 Å². The van der Waals surface area contributed by atoms with Gasteiger partial charge in [0.1, 0.15) is 5.75 Å². The van der Waals surface area contributed by atoms with Gasteiger partial charge in [-0.15, -0.1) is 5.10 Å². The number of aromatic nitrogens is 3. The van der Waals surface area contributed by atoms with Crippen molar-refractivity contribution in [2.24, 2.45) is 0 Å². The monoisotopic (exact) mass is 366 g/mol. The van der Waals surface area contributed by atoms with Crippen molar-refractivity contribution in [1.29, 1.82) is 0 Å². The van der Waals surface area contributed by atoms with Gasteiger partial charge in [0.25, 0.3) is 5.91 Å². The summed E-state index contributed by atoms with van der Waals surface area (Å²) in [6, 6.07) is 4.25. The van der Waals surface area contributed by atoms with Crippen LogP contribution in [0.1, 0.15) is 5.82 Å². The SMILES string of the molecule is C=C(Oc1ccc(Cl)cc1Cl)C(=O)Nc1n[nH]c(C(F)(F)F)n1. The highest BCUT2D eigenvalue weighted by atomic mass is 35.5. The number of hydrogen-bond donors (Lipinski definition) is 2. The minimum Gasteiger partial charge on any atom is -0.451 e. The summed E-state index contributed by atoms with van der Waals surface area (Å²) in [4.78, 5) is 14.9. The topological polar surface area (TPSA) is 79.9 Å². The quantitative estimate of drug-likeness (QED) is 0.639. The lowest BCUT2D eigenvalue weighted by molar-refractivity contribution is -0.144. The van der Waals surface area contributed by atoms with Gasteiger partial charge < -0.3 is 4.74 Å². The average molecular weight is 367 g/mol. The summed E-state index contributed by atoms with van der Waals surface area (Å²) in [6.45, 7) is 3.35. The molecule has 2 aromatic rings. The van der Waals surface area contributed by atoms with Crippen molar-refractivity contribution in [3.63, 3.8) is 0 Å². The summed E-state index contributed by atoms with van der Waals surface area (Å²) in [5.74, 6) is -3.19. The lowest BCUT2D eigenvalue weighted by Crippen LogP contribution is -2.18. The number of hydrogen-bond acceptors (Lipinski definition) is 4. The number of carbonyl (C=O) groups is 1. The predicted octanol–water partition coefficient (Wildman–Crippen LogP) is 3.66. The third kappa shape index (κ3) is 4.36. The van der Waals surface area contributed by atoms with Crippen LogP contribution >= 0.6 is 23.2 Å². The fourth-order valence-electron chi connectivity index (χ4n) is 1.35. The van der Waals surface area contributed by atoms with Gasteiger partial charge in [0, 0.05) is 5.02 Å². The van der Waals surface area contributed by atoms with Crippen LogP contribution in [-0.2, 0) is 11.0 Å². The van der Waals surface area contributed by atoms with E-state index in [1.807, 2.05) is 5.32 Å². The van der Waals surface area contributed by atoms with Gasteiger partial charge >= 0.3 is 6.18 Å². The van der Waals surface area contributed by atoms with Crippen molar-refractivity contribution in [3.05, 3.63) is 46.4 Å². The van der Waals surface area contributed by atoms with E-state index >= 15 is 0 Å². The van der Waals surface area contributed by atoms with Crippen LogP contribution in [0.25, 0.3) is 0 Å². The van der Waals surface area contributed by atoms with E-state index in [1.165, 1.54) is 18.2 Å². The Balaban J connectivity index is 2.03. The van der Waals surface area contributed by atoms with Crippen LogP contribution in [-0.4, -0.2) is 21.1 Å². The average Bonchev–Trinajstić information content (AvgIpc) is 2.90. The predicted molar refractivity (Wildman–Crippen MR) is 76.2 cm³/mol. The van der Waals surface area contributed by atoms with Crippen LogP contribution in [0.15, 0.2) is 30.5 Å². The second-order valence-electron chi connectivity index (χ2n) is 4.06. The molecule has 122 valence electrons. The summed E-state index contributed by atoms with van der Waals surface area (Å²) in [7, 11) is 0. The van der Waals surface area contributed by atoms with Crippen LogP contribution in [0.5, 0.6) is 5.75 Å². The van der Waals surface area contributed by atoms with Crippen molar-refractivity contribution in [2.45, 2.75) is 6.18 Å². The maximum atomic E-state index is 12.3. The van der Waals surface area contributed by atoms with E-state index in [0.29, 0.717) is 5.02 Å². The molecule has 23 heavy (non-hydrogen) atoms. The van der Waals surface area contributed by atoms with Crippen LogP contribution in [0, 0.1) is 0 Å². The summed E-state index contributed by atoms with van der Waals surface area (Å²) in [5.41, 5.74) is 0. The molecular weight excluding hydrogens is 360 g/mol.